The van der Waals surface area contributed by atoms with Crippen molar-refractivity contribution in [2.45, 2.75) is 25.4 Å². The third-order valence-corrected chi connectivity index (χ3v) is 4.24. The van der Waals surface area contributed by atoms with E-state index < -0.39 is 0 Å². The normalized spacial score (nSPS) is 16.6. The lowest BCUT2D eigenvalue weighted by atomic mass is 10.0. The Labute approximate surface area is 130 Å². The third-order valence-electron chi connectivity index (χ3n) is 4.24. The maximum Gasteiger partial charge on any atom is 0.183 e. The second kappa shape index (κ2) is 6.79. The Hall–Kier alpha value is -2.08. The summed E-state index contributed by atoms with van der Waals surface area (Å²) in [5, 5.41) is 0. The summed E-state index contributed by atoms with van der Waals surface area (Å²) < 4.78 is 13.0. The molecule has 0 radical (unpaired) electrons. The van der Waals surface area contributed by atoms with Crippen LogP contribution in [0, 0.1) is 0 Å². The number of hydrogen-bond donors (Lipinski definition) is 0. The number of aromatic nitrogens is 3. The summed E-state index contributed by atoms with van der Waals surface area (Å²) in [6, 6.07) is 2.38. The van der Waals surface area contributed by atoms with Gasteiger partial charge in [-0.1, -0.05) is 0 Å². The maximum atomic E-state index is 5.46. The van der Waals surface area contributed by atoms with E-state index in [2.05, 4.69) is 19.4 Å². The van der Waals surface area contributed by atoms with Gasteiger partial charge in [0.15, 0.2) is 11.5 Å². The van der Waals surface area contributed by atoms with Crippen LogP contribution in [0.2, 0.25) is 0 Å². The van der Waals surface area contributed by atoms with E-state index >= 15 is 0 Å². The zero-order valence-electron chi connectivity index (χ0n) is 13.1. The van der Waals surface area contributed by atoms with Crippen molar-refractivity contribution in [3.63, 3.8) is 0 Å². The molecule has 0 atom stereocenters. The molecule has 0 aliphatic carbocycles. The topological polar surface area (TPSA) is 52.4 Å². The largest absolute Gasteiger partial charge is 0.493 e. The fourth-order valence-electron chi connectivity index (χ4n) is 3.04. The first-order valence-corrected chi connectivity index (χ1v) is 7.57. The number of imidazole rings is 1. The fraction of sp³-hybridized carbons (Fsp3) is 0.500. The standard InChI is InChI=1S/C16H22N4O2/c1-21-15-3-6-18-14(16(15)22-2)11-19-8-4-13(5-9-19)20-10-7-17-12-20/h3,6-7,10,12-13H,4-5,8-9,11H2,1-2H3. The second-order valence-corrected chi connectivity index (χ2v) is 5.51. The summed E-state index contributed by atoms with van der Waals surface area (Å²) in [6.45, 7) is 2.88. The predicted octanol–water partition coefficient (Wildman–Crippen LogP) is 2.13. The number of likely N-dealkylation sites (tertiary alicyclic amines) is 1. The molecule has 6 nitrogen and oxygen atoms in total. The molecular weight excluding hydrogens is 280 g/mol. The first-order valence-electron chi connectivity index (χ1n) is 7.57. The molecule has 3 rings (SSSR count). The highest BCUT2D eigenvalue weighted by Crippen LogP contribution is 2.31. The van der Waals surface area contributed by atoms with Gasteiger partial charge >= 0.3 is 0 Å². The van der Waals surface area contributed by atoms with Crippen LogP contribution in [0.4, 0.5) is 0 Å². The van der Waals surface area contributed by atoms with Gasteiger partial charge in [-0.05, 0) is 12.8 Å². The highest BCUT2D eigenvalue weighted by Gasteiger charge is 2.22. The highest BCUT2D eigenvalue weighted by molar-refractivity contribution is 5.42. The average molecular weight is 302 g/mol. The fourth-order valence-corrected chi connectivity index (χ4v) is 3.04. The van der Waals surface area contributed by atoms with E-state index in [9.17, 15) is 0 Å². The molecule has 1 fully saturated rings. The number of pyridine rings is 1. The molecule has 0 spiro atoms. The van der Waals surface area contributed by atoms with Crippen LogP contribution in [0.1, 0.15) is 24.6 Å². The highest BCUT2D eigenvalue weighted by atomic mass is 16.5. The molecular formula is C16H22N4O2. The van der Waals surface area contributed by atoms with Crippen molar-refractivity contribution in [2.75, 3.05) is 27.3 Å². The monoisotopic (exact) mass is 302 g/mol. The van der Waals surface area contributed by atoms with Crippen LogP contribution in [-0.4, -0.2) is 46.7 Å². The number of ether oxygens (including phenoxy) is 2. The number of nitrogens with zero attached hydrogens (tertiary/aromatic N) is 4. The zero-order chi connectivity index (χ0) is 15.4. The van der Waals surface area contributed by atoms with E-state index in [4.69, 9.17) is 9.47 Å². The van der Waals surface area contributed by atoms with Gasteiger partial charge in [-0.3, -0.25) is 9.88 Å². The number of piperidine rings is 1. The van der Waals surface area contributed by atoms with Crippen LogP contribution in [0.25, 0.3) is 0 Å². The summed E-state index contributed by atoms with van der Waals surface area (Å²) >= 11 is 0. The van der Waals surface area contributed by atoms with Crippen LogP contribution >= 0.6 is 0 Å². The van der Waals surface area contributed by atoms with Gasteiger partial charge in [-0.25, -0.2) is 4.98 Å². The molecule has 1 aliphatic rings. The van der Waals surface area contributed by atoms with Crippen LogP contribution in [0.3, 0.4) is 0 Å². The Balaban J connectivity index is 1.63. The van der Waals surface area contributed by atoms with Gasteiger partial charge in [0.25, 0.3) is 0 Å². The molecule has 2 aromatic rings. The van der Waals surface area contributed by atoms with Crippen LogP contribution in [-0.2, 0) is 6.54 Å². The summed E-state index contributed by atoms with van der Waals surface area (Å²) in [5.41, 5.74) is 0.933. The van der Waals surface area contributed by atoms with E-state index in [1.807, 2.05) is 24.8 Å². The molecule has 22 heavy (non-hydrogen) atoms. The van der Waals surface area contributed by atoms with Gasteiger partial charge in [0.05, 0.1) is 20.5 Å². The summed E-state index contributed by atoms with van der Waals surface area (Å²) in [4.78, 5) is 11.0. The van der Waals surface area contributed by atoms with Crippen molar-refractivity contribution in [3.05, 3.63) is 36.7 Å². The number of rotatable bonds is 5. The molecule has 1 aliphatic heterocycles. The van der Waals surface area contributed by atoms with Gasteiger partial charge in [0.2, 0.25) is 0 Å². The summed E-state index contributed by atoms with van der Waals surface area (Å²) in [6.07, 6.45) is 9.83. The van der Waals surface area contributed by atoms with Crippen LogP contribution < -0.4 is 9.47 Å². The Kier molecular flexibility index (Phi) is 4.58. The number of methoxy groups -OCH3 is 2. The minimum absolute atomic E-state index is 0.555. The van der Waals surface area contributed by atoms with Crippen molar-refractivity contribution in [1.82, 2.24) is 19.4 Å². The number of hydrogen-bond acceptors (Lipinski definition) is 5. The summed E-state index contributed by atoms with van der Waals surface area (Å²) in [5.74, 6) is 1.47. The Bertz CT molecular complexity index is 592. The molecule has 0 saturated carbocycles. The van der Waals surface area contributed by atoms with Crippen molar-refractivity contribution in [3.8, 4) is 11.5 Å². The Morgan fingerprint density at radius 2 is 2.00 bits per heavy atom. The van der Waals surface area contributed by atoms with Crippen LogP contribution in [0.5, 0.6) is 11.5 Å². The molecule has 0 bridgehead atoms. The van der Waals surface area contributed by atoms with Gasteiger partial charge < -0.3 is 14.0 Å². The van der Waals surface area contributed by atoms with Gasteiger partial charge in [0.1, 0.15) is 5.69 Å². The van der Waals surface area contributed by atoms with E-state index in [0.29, 0.717) is 6.04 Å². The van der Waals surface area contributed by atoms with E-state index in [1.54, 1.807) is 20.4 Å². The van der Waals surface area contributed by atoms with E-state index in [0.717, 1.165) is 49.7 Å². The van der Waals surface area contributed by atoms with Crippen molar-refractivity contribution in [1.29, 1.82) is 0 Å². The molecule has 3 heterocycles. The maximum absolute atomic E-state index is 5.46. The van der Waals surface area contributed by atoms with Gasteiger partial charge in [0, 0.05) is 50.3 Å². The zero-order valence-corrected chi connectivity index (χ0v) is 13.1. The average Bonchev–Trinajstić information content (AvgIpc) is 3.09. The molecule has 118 valence electrons. The first kappa shape index (κ1) is 14.8. The molecule has 0 amide bonds. The molecule has 0 N–H and O–H groups in total. The lowest BCUT2D eigenvalue weighted by molar-refractivity contribution is 0.175. The third kappa shape index (κ3) is 3.06. The summed E-state index contributed by atoms with van der Waals surface area (Å²) in [7, 11) is 3.31. The van der Waals surface area contributed by atoms with Crippen molar-refractivity contribution in [2.24, 2.45) is 0 Å². The van der Waals surface area contributed by atoms with Crippen LogP contribution in [0.15, 0.2) is 31.0 Å². The molecule has 1 saturated heterocycles. The van der Waals surface area contributed by atoms with E-state index in [1.165, 1.54) is 0 Å². The minimum Gasteiger partial charge on any atom is -0.493 e. The lowest BCUT2D eigenvalue weighted by Gasteiger charge is -2.32. The predicted molar refractivity (Wildman–Crippen MR) is 83.1 cm³/mol. The van der Waals surface area contributed by atoms with Gasteiger partial charge in [-0.15, -0.1) is 0 Å². The van der Waals surface area contributed by atoms with Crippen molar-refractivity contribution >= 4 is 0 Å². The first-order chi connectivity index (χ1) is 10.8. The van der Waals surface area contributed by atoms with Gasteiger partial charge in [-0.2, -0.15) is 0 Å². The SMILES string of the molecule is COc1ccnc(CN2CCC(n3ccnc3)CC2)c1OC. The Morgan fingerprint density at radius 1 is 1.18 bits per heavy atom. The quantitative estimate of drug-likeness (QED) is 0.847. The molecule has 0 unspecified atom stereocenters. The minimum atomic E-state index is 0.555. The molecule has 0 aromatic carbocycles. The van der Waals surface area contributed by atoms with Crippen molar-refractivity contribution < 1.29 is 9.47 Å². The molecule has 2 aromatic heterocycles. The Morgan fingerprint density at radius 3 is 2.64 bits per heavy atom. The smallest absolute Gasteiger partial charge is 0.183 e. The molecule has 6 heteroatoms. The van der Waals surface area contributed by atoms with E-state index in [-0.39, 0.29) is 0 Å². The second-order valence-electron chi connectivity index (χ2n) is 5.51. The lowest BCUT2D eigenvalue weighted by Crippen LogP contribution is -2.34.